The van der Waals surface area contributed by atoms with Crippen molar-refractivity contribution < 1.29 is 9.53 Å². The first-order valence-corrected chi connectivity index (χ1v) is 12.6. The third-order valence-corrected chi connectivity index (χ3v) is 8.44. The summed E-state index contributed by atoms with van der Waals surface area (Å²) in [5.74, 6) is 0.506. The first kappa shape index (κ1) is 22.1. The highest BCUT2D eigenvalue weighted by molar-refractivity contribution is 7.23. The maximum atomic E-state index is 13.2. The maximum absolute atomic E-state index is 13.2. The summed E-state index contributed by atoms with van der Waals surface area (Å²) in [7, 11) is 1.60. The summed E-state index contributed by atoms with van der Waals surface area (Å²) in [6, 6.07) is 15.4. The lowest BCUT2D eigenvalue weighted by Gasteiger charge is -2.42. The van der Waals surface area contributed by atoms with E-state index >= 15 is 0 Å². The Kier molecular flexibility index (Phi) is 5.31. The van der Waals surface area contributed by atoms with Gasteiger partial charge in [-0.15, -0.1) is 22.7 Å². The van der Waals surface area contributed by atoms with Crippen LogP contribution in [-0.4, -0.2) is 23.5 Å². The molecule has 3 heterocycles. The van der Waals surface area contributed by atoms with Gasteiger partial charge in [0.15, 0.2) is 0 Å². The Hall–Kier alpha value is -2.74. The SMILES string of the molecule is COc1cccc(C(=O)Nc2sc3c(c2-c2nc4ccccc4s2)CC(C)(C)NC3(C)C)c1. The highest BCUT2D eigenvalue weighted by Gasteiger charge is 2.41. The van der Waals surface area contributed by atoms with E-state index in [1.54, 1.807) is 41.9 Å². The lowest BCUT2D eigenvalue weighted by atomic mass is 9.81. The van der Waals surface area contributed by atoms with Gasteiger partial charge in [0.25, 0.3) is 5.91 Å². The van der Waals surface area contributed by atoms with Crippen LogP contribution < -0.4 is 15.4 Å². The van der Waals surface area contributed by atoms with Crippen LogP contribution in [0, 0.1) is 0 Å². The molecular weight excluding hydrogens is 450 g/mol. The molecule has 1 amide bonds. The monoisotopic (exact) mass is 477 g/mol. The van der Waals surface area contributed by atoms with Crippen LogP contribution in [0.1, 0.15) is 48.5 Å². The van der Waals surface area contributed by atoms with Gasteiger partial charge in [0.1, 0.15) is 15.8 Å². The molecule has 5 nitrogen and oxygen atoms in total. The fourth-order valence-corrected chi connectivity index (χ4v) is 7.14. The number of amides is 1. The molecule has 0 radical (unpaired) electrons. The molecule has 7 heteroatoms. The number of nitrogens with zero attached hydrogens (tertiary/aromatic N) is 1. The zero-order valence-electron chi connectivity index (χ0n) is 19.4. The quantitative estimate of drug-likeness (QED) is 0.355. The van der Waals surface area contributed by atoms with E-state index in [4.69, 9.17) is 9.72 Å². The predicted molar refractivity (Wildman–Crippen MR) is 138 cm³/mol. The number of nitrogens with one attached hydrogen (secondary N) is 2. The number of thiophene rings is 1. The number of anilines is 1. The summed E-state index contributed by atoms with van der Waals surface area (Å²) in [5.41, 5.74) is 3.58. The number of rotatable bonds is 4. The van der Waals surface area contributed by atoms with Crippen LogP contribution in [0.25, 0.3) is 20.8 Å². The highest BCUT2D eigenvalue weighted by atomic mass is 32.1. The van der Waals surface area contributed by atoms with Crippen LogP contribution in [0.2, 0.25) is 0 Å². The van der Waals surface area contributed by atoms with Crippen LogP contribution in [0.4, 0.5) is 5.00 Å². The molecule has 0 spiro atoms. The van der Waals surface area contributed by atoms with Crippen LogP contribution in [0.3, 0.4) is 0 Å². The smallest absolute Gasteiger partial charge is 0.256 e. The van der Waals surface area contributed by atoms with Gasteiger partial charge in [-0.3, -0.25) is 4.79 Å². The van der Waals surface area contributed by atoms with Crippen molar-refractivity contribution in [3.8, 4) is 16.3 Å². The van der Waals surface area contributed by atoms with E-state index in [9.17, 15) is 4.79 Å². The van der Waals surface area contributed by atoms with E-state index in [0.29, 0.717) is 11.3 Å². The number of fused-ring (bicyclic) bond motifs is 2. The lowest BCUT2D eigenvalue weighted by Crippen LogP contribution is -2.54. The van der Waals surface area contributed by atoms with E-state index in [1.165, 1.54) is 10.4 Å². The molecule has 1 aliphatic heterocycles. The standard InChI is InChI=1S/C26H27N3O2S2/c1-25(2)14-17-20(23-27-18-11-6-7-12-19(18)32-23)24(33-21(17)26(3,4)29-25)28-22(30)15-9-8-10-16(13-15)31-5/h6-13,29H,14H2,1-5H3,(H,28,30). The van der Waals surface area contributed by atoms with Crippen molar-refractivity contribution in [1.29, 1.82) is 0 Å². The zero-order chi connectivity index (χ0) is 23.4. The van der Waals surface area contributed by atoms with Gasteiger partial charge in [0.05, 0.1) is 17.3 Å². The fraction of sp³-hybridized carbons (Fsp3) is 0.308. The number of benzene rings is 2. The maximum Gasteiger partial charge on any atom is 0.256 e. The number of para-hydroxylation sites is 1. The zero-order valence-corrected chi connectivity index (χ0v) is 21.0. The summed E-state index contributed by atoms with van der Waals surface area (Å²) in [5, 5.41) is 8.77. The molecule has 2 aromatic heterocycles. The van der Waals surface area contributed by atoms with Crippen LogP contribution in [0.15, 0.2) is 48.5 Å². The third kappa shape index (κ3) is 4.05. The van der Waals surface area contributed by atoms with Gasteiger partial charge in [0.2, 0.25) is 0 Å². The van der Waals surface area contributed by atoms with Crippen molar-refractivity contribution in [2.75, 3.05) is 12.4 Å². The third-order valence-electron chi connectivity index (χ3n) is 5.91. The minimum absolute atomic E-state index is 0.0723. The molecule has 33 heavy (non-hydrogen) atoms. The molecular formula is C26H27N3O2S2. The summed E-state index contributed by atoms with van der Waals surface area (Å²) in [4.78, 5) is 19.5. The van der Waals surface area contributed by atoms with Gasteiger partial charge in [-0.1, -0.05) is 18.2 Å². The first-order chi connectivity index (χ1) is 15.7. The second-order valence-electron chi connectivity index (χ2n) is 9.60. The average Bonchev–Trinajstić information content (AvgIpc) is 3.33. The predicted octanol–water partition coefficient (Wildman–Crippen LogP) is 6.45. The fourth-order valence-electron chi connectivity index (χ4n) is 4.76. The Morgan fingerprint density at radius 2 is 1.88 bits per heavy atom. The Morgan fingerprint density at radius 1 is 1.09 bits per heavy atom. The van der Waals surface area contributed by atoms with Gasteiger partial charge in [-0.2, -0.15) is 0 Å². The molecule has 5 rings (SSSR count). The Balaban J connectivity index is 1.66. The number of ether oxygens (including phenoxy) is 1. The molecule has 0 bridgehead atoms. The molecule has 0 atom stereocenters. The van der Waals surface area contributed by atoms with Gasteiger partial charge >= 0.3 is 0 Å². The largest absolute Gasteiger partial charge is 0.497 e. The van der Waals surface area contributed by atoms with E-state index in [0.717, 1.165) is 32.2 Å². The molecule has 2 aromatic carbocycles. The second-order valence-corrected chi connectivity index (χ2v) is 11.6. The molecule has 0 saturated heterocycles. The number of hydrogen-bond donors (Lipinski definition) is 2. The molecule has 0 unspecified atom stereocenters. The van der Waals surface area contributed by atoms with Crippen LogP contribution in [0.5, 0.6) is 5.75 Å². The summed E-state index contributed by atoms with van der Waals surface area (Å²) in [6.45, 7) is 8.87. The number of aromatic nitrogens is 1. The van der Waals surface area contributed by atoms with Crippen LogP contribution in [-0.2, 0) is 12.0 Å². The van der Waals surface area contributed by atoms with Gasteiger partial charge in [0, 0.05) is 27.1 Å². The summed E-state index contributed by atoms with van der Waals surface area (Å²) >= 11 is 3.32. The van der Waals surface area contributed by atoms with Crippen LogP contribution >= 0.6 is 22.7 Å². The molecule has 2 N–H and O–H groups in total. The Bertz CT molecular complexity index is 1330. The van der Waals surface area contributed by atoms with E-state index in [1.807, 2.05) is 30.3 Å². The Morgan fingerprint density at radius 3 is 2.64 bits per heavy atom. The number of methoxy groups -OCH3 is 1. The van der Waals surface area contributed by atoms with E-state index in [2.05, 4.69) is 44.4 Å². The average molecular weight is 478 g/mol. The van der Waals surface area contributed by atoms with Crippen molar-refractivity contribution >= 4 is 43.8 Å². The van der Waals surface area contributed by atoms with Crippen molar-refractivity contribution in [2.45, 2.75) is 45.2 Å². The number of hydrogen-bond acceptors (Lipinski definition) is 6. The van der Waals surface area contributed by atoms with Gasteiger partial charge in [-0.05, 0) is 70.0 Å². The number of thiazole rings is 1. The first-order valence-electron chi connectivity index (χ1n) is 10.9. The topological polar surface area (TPSA) is 63.2 Å². The van der Waals surface area contributed by atoms with Crippen molar-refractivity contribution in [1.82, 2.24) is 10.3 Å². The number of carbonyl (C=O) groups excluding carboxylic acids is 1. The normalized spacial score (nSPS) is 16.4. The number of carbonyl (C=O) groups is 1. The van der Waals surface area contributed by atoms with Gasteiger partial charge in [-0.25, -0.2) is 4.98 Å². The van der Waals surface area contributed by atoms with E-state index in [-0.39, 0.29) is 17.0 Å². The molecule has 1 aliphatic rings. The minimum Gasteiger partial charge on any atom is -0.497 e. The van der Waals surface area contributed by atoms with Gasteiger partial charge < -0.3 is 15.4 Å². The Labute approximate surface area is 201 Å². The molecule has 170 valence electrons. The van der Waals surface area contributed by atoms with Crippen molar-refractivity contribution in [3.05, 3.63) is 64.5 Å². The molecule has 0 saturated carbocycles. The summed E-state index contributed by atoms with van der Waals surface area (Å²) < 4.78 is 6.45. The molecule has 0 fully saturated rings. The minimum atomic E-state index is -0.216. The summed E-state index contributed by atoms with van der Waals surface area (Å²) in [6.07, 6.45) is 0.864. The lowest BCUT2D eigenvalue weighted by molar-refractivity contribution is 0.102. The van der Waals surface area contributed by atoms with E-state index < -0.39 is 0 Å². The van der Waals surface area contributed by atoms with Crippen molar-refractivity contribution in [3.63, 3.8) is 0 Å². The highest BCUT2D eigenvalue weighted by Crippen LogP contribution is 2.50. The van der Waals surface area contributed by atoms with Crippen molar-refractivity contribution in [2.24, 2.45) is 0 Å². The second kappa shape index (κ2) is 7.94. The molecule has 0 aliphatic carbocycles. The molecule has 4 aromatic rings.